The van der Waals surface area contributed by atoms with Crippen molar-refractivity contribution < 1.29 is 13.9 Å². The second kappa shape index (κ2) is 7.29. The van der Waals surface area contributed by atoms with E-state index in [4.69, 9.17) is 4.74 Å². The number of carbonyl (C=O) groups is 1. The minimum atomic E-state index is -0.497. The van der Waals surface area contributed by atoms with E-state index in [9.17, 15) is 9.18 Å². The molecule has 0 radical (unpaired) electrons. The molecular weight excluding hydrogens is 307 g/mol. The molecule has 1 fully saturated rings. The summed E-state index contributed by atoms with van der Waals surface area (Å²) in [5.74, 6) is -0.240. The first kappa shape index (κ1) is 18.7. The van der Waals surface area contributed by atoms with Crippen LogP contribution in [0.3, 0.4) is 0 Å². The number of nitrogens with one attached hydrogen (secondary N) is 1. The SMILES string of the molecule is Cc1cc(F)ccc1[C@H]1CN(C(=O)OC(C)(C)C)CCN1.Cl. The lowest BCUT2D eigenvalue weighted by atomic mass is 9.99. The van der Waals surface area contributed by atoms with Crippen molar-refractivity contribution in [2.45, 2.75) is 39.3 Å². The minimum absolute atomic E-state index is 0. The molecule has 22 heavy (non-hydrogen) atoms. The lowest BCUT2D eigenvalue weighted by Crippen LogP contribution is -2.49. The number of ether oxygens (including phenoxy) is 1. The highest BCUT2D eigenvalue weighted by atomic mass is 35.5. The van der Waals surface area contributed by atoms with Crippen LogP contribution in [0.1, 0.15) is 37.9 Å². The zero-order valence-corrected chi connectivity index (χ0v) is 14.3. The van der Waals surface area contributed by atoms with Crippen molar-refractivity contribution >= 4 is 18.5 Å². The summed E-state index contributed by atoms with van der Waals surface area (Å²) >= 11 is 0. The number of rotatable bonds is 1. The van der Waals surface area contributed by atoms with Crippen molar-refractivity contribution in [1.29, 1.82) is 0 Å². The molecule has 0 unspecified atom stereocenters. The molecule has 1 atom stereocenters. The van der Waals surface area contributed by atoms with Gasteiger partial charge < -0.3 is 15.0 Å². The fraction of sp³-hybridized carbons (Fsp3) is 0.562. The van der Waals surface area contributed by atoms with E-state index >= 15 is 0 Å². The standard InChI is InChI=1S/C16H23FN2O2.ClH/c1-11-9-12(17)5-6-13(11)14-10-19(8-7-18-14)15(20)21-16(2,3)4;/h5-6,9,14,18H,7-8,10H2,1-4H3;1H/t14-;/m1./s1. The number of hydrogen-bond acceptors (Lipinski definition) is 3. The van der Waals surface area contributed by atoms with Gasteiger partial charge in [0.1, 0.15) is 11.4 Å². The van der Waals surface area contributed by atoms with Crippen molar-refractivity contribution in [3.63, 3.8) is 0 Å². The summed E-state index contributed by atoms with van der Waals surface area (Å²) < 4.78 is 18.6. The average Bonchev–Trinajstić information content (AvgIpc) is 2.37. The summed E-state index contributed by atoms with van der Waals surface area (Å²) in [6, 6.07) is 4.76. The van der Waals surface area contributed by atoms with Crippen molar-refractivity contribution in [2.75, 3.05) is 19.6 Å². The highest BCUT2D eigenvalue weighted by molar-refractivity contribution is 5.85. The summed E-state index contributed by atoms with van der Waals surface area (Å²) in [7, 11) is 0. The van der Waals surface area contributed by atoms with Crippen LogP contribution in [0.5, 0.6) is 0 Å². The van der Waals surface area contributed by atoms with E-state index in [0.717, 1.165) is 11.1 Å². The maximum Gasteiger partial charge on any atom is 0.410 e. The van der Waals surface area contributed by atoms with Crippen LogP contribution in [0.15, 0.2) is 18.2 Å². The molecular formula is C16H24ClFN2O2. The summed E-state index contributed by atoms with van der Waals surface area (Å²) in [5, 5.41) is 3.37. The fourth-order valence-corrected chi connectivity index (χ4v) is 2.48. The Labute approximate surface area is 137 Å². The second-order valence-electron chi connectivity index (χ2n) is 6.43. The molecule has 0 saturated carbocycles. The normalized spacial score (nSPS) is 18.6. The topological polar surface area (TPSA) is 41.6 Å². The quantitative estimate of drug-likeness (QED) is 0.857. The van der Waals surface area contributed by atoms with Crippen LogP contribution in [-0.4, -0.2) is 36.2 Å². The number of benzene rings is 1. The van der Waals surface area contributed by atoms with Gasteiger partial charge >= 0.3 is 6.09 Å². The van der Waals surface area contributed by atoms with Gasteiger partial charge in [0.2, 0.25) is 0 Å². The Morgan fingerprint density at radius 3 is 2.68 bits per heavy atom. The van der Waals surface area contributed by atoms with Gasteiger partial charge in [0, 0.05) is 19.6 Å². The summed E-state index contributed by atoms with van der Waals surface area (Å²) in [6.45, 7) is 9.29. The van der Waals surface area contributed by atoms with Crippen LogP contribution in [-0.2, 0) is 4.74 Å². The molecule has 1 N–H and O–H groups in total. The van der Waals surface area contributed by atoms with Crippen molar-refractivity contribution in [2.24, 2.45) is 0 Å². The van der Waals surface area contributed by atoms with E-state index < -0.39 is 5.60 Å². The Morgan fingerprint density at radius 2 is 2.09 bits per heavy atom. The maximum atomic E-state index is 13.2. The lowest BCUT2D eigenvalue weighted by molar-refractivity contribution is 0.0195. The lowest BCUT2D eigenvalue weighted by Gasteiger charge is -2.35. The third-order valence-electron chi connectivity index (χ3n) is 3.43. The summed E-state index contributed by atoms with van der Waals surface area (Å²) in [5.41, 5.74) is 1.41. The molecule has 1 amide bonds. The van der Waals surface area contributed by atoms with Crippen LogP contribution >= 0.6 is 12.4 Å². The van der Waals surface area contributed by atoms with E-state index in [1.54, 1.807) is 11.0 Å². The Kier molecular flexibility index (Phi) is 6.20. The van der Waals surface area contributed by atoms with Crippen LogP contribution < -0.4 is 5.32 Å². The Hall–Kier alpha value is -1.33. The number of hydrogen-bond donors (Lipinski definition) is 1. The molecule has 1 aromatic rings. The third kappa shape index (κ3) is 4.85. The molecule has 0 spiro atoms. The van der Waals surface area contributed by atoms with Crippen LogP contribution in [0.4, 0.5) is 9.18 Å². The monoisotopic (exact) mass is 330 g/mol. The molecule has 0 bridgehead atoms. The van der Waals surface area contributed by atoms with E-state index in [1.165, 1.54) is 12.1 Å². The number of aryl methyl sites for hydroxylation is 1. The molecule has 1 aliphatic heterocycles. The molecule has 124 valence electrons. The third-order valence-corrected chi connectivity index (χ3v) is 3.43. The highest BCUT2D eigenvalue weighted by Gasteiger charge is 2.28. The summed E-state index contributed by atoms with van der Waals surface area (Å²) in [4.78, 5) is 13.8. The van der Waals surface area contributed by atoms with Crippen LogP contribution in [0, 0.1) is 12.7 Å². The zero-order chi connectivity index (χ0) is 15.6. The minimum Gasteiger partial charge on any atom is -0.444 e. The molecule has 1 aliphatic rings. The highest BCUT2D eigenvalue weighted by Crippen LogP contribution is 2.22. The van der Waals surface area contributed by atoms with E-state index in [-0.39, 0.29) is 30.4 Å². The second-order valence-corrected chi connectivity index (χ2v) is 6.43. The fourth-order valence-electron chi connectivity index (χ4n) is 2.48. The van der Waals surface area contributed by atoms with Crippen molar-refractivity contribution in [1.82, 2.24) is 10.2 Å². The molecule has 1 saturated heterocycles. The van der Waals surface area contributed by atoms with E-state index in [0.29, 0.717) is 19.6 Å². The van der Waals surface area contributed by atoms with Crippen LogP contribution in [0.2, 0.25) is 0 Å². The van der Waals surface area contributed by atoms with Crippen molar-refractivity contribution in [3.8, 4) is 0 Å². The largest absolute Gasteiger partial charge is 0.444 e. The van der Waals surface area contributed by atoms with E-state index in [2.05, 4.69) is 5.32 Å². The first-order valence-corrected chi connectivity index (χ1v) is 7.23. The molecule has 0 aliphatic carbocycles. The number of carbonyl (C=O) groups excluding carboxylic acids is 1. The zero-order valence-electron chi connectivity index (χ0n) is 13.5. The van der Waals surface area contributed by atoms with Crippen molar-refractivity contribution in [3.05, 3.63) is 35.1 Å². The summed E-state index contributed by atoms with van der Waals surface area (Å²) in [6.07, 6.45) is -0.297. The molecule has 2 rings (SSSR count). The Balaban J connectivity index is 0.00000242. The number of nitrogens with zero attached hydrogens (tertiary/aromatic N) is 1. The van der Waals surface area contributed by atoms with Gasteiger partial charge in [-0.3, -0.25) is 0 Å². The number of piperazine rings is 1. The van der Waals surface area contributed by atoms with Gasteiger partial charge in [-0.1, -0.05) is 6.07 Å². The van der Waals surface area contributed by atoms with Gasteiger partial charge in [-0.2, -0.15) is 0 Å². The van der Waals surface area contributed by atoms with E-state index in [1.807, 2.05) is 27.7 Å². The molecule has 0 aromatic heterocycles. The maximum absolute atomic E-state index is 13.2. The first-order valence-electron chi connectivity index (χ1n) is 7.23. The smallest absolute Gasteiger partial charge is 0.410 e. The first-order chi connectivity index (χ1) is 9.76. The van der Waals surface area contributed by atoms with Gasteiger partial charge in [-0.15, -0.1) is 12.4 Å². The van der Waals surface area contributed by atoms with Gasteiger partial charge in [0.25, 0.3) is 0 Å². The Bertz CT molecular complexity index is 531. The molecule has 1 heterocycles. The van der Waals surface area contributed by atoms with Gasteiger partial charge in [-0.05, 0) is 51.0 Å². The molecule has 1 aromatic carbocycles. The molecule has 6 heteroatoms. The average molecular weight is 331 g/mol. The Morgan fingerprint density at radius 1 is 1.41 bits per heavy atom. The van der Waals surface area contributed by atoms with Gasteiger partial charge in [0.15, 0.2) is 0 Å². The van der Waals surface area contributed by atoms with Gasteiger partial charge in [0.05, 0.1) is 6.04 Å². The predicted octanol–water partition coefficient (Wildman–Crippen LogP) is 3.44. The number of halogens is 2. The predicted molar refractivity (Wildman–Crippen MR) is 86.9 cm³/mol. The molecule has 4 nitrogen and oxygen atoms in total. The number of amides is 1. The van der Waals surface area contributed by atoms with Crippen LogP contribution in [0.25, 0.3) is 0 Å². The van der Waals surface area contributed by atoms with Gasteiger partial charge in [-0.25, -0.2) is 9.18 Å².